The number of aliphatic hydroxyl groups is 2. The second kappa shape index (κ2) is 6.92. The fraction of sp³-hybridized carbons (Fsp3) is 0.429. The van der Waals surface area contributed by atoms with E-state index < -0.39 is 42.3 Å². The summed E-state index contributed by atoms with van der Waals surface area (Å²) in [6.07, 6.45) is -5.02. The van der Waals surface area contributed by atoms with E-state index in [-0.39, 0.29) is 5.56 Å². The number of aliphatic hydroxyl groups excluding tert-OH is 2. The van der Waals surface area contributed by atoms with E-state index >= 15 is 0 Å². The maximum atomic E-state index is 12.0. The molecule has 0 saturated heterocycles. The smallest absolute Gasteiger partial charge is 0.339 e. The van der Waals surface area contributed by atoms with Crippen LogP contribution in [0.5, 0.6) is 0 Å². The Morgan fingerprint density at radius 2 is 1.91 bits per heavy atom. The van der Waals surface area contributed by atoms with E-state index in [2.05, 4.69) is 22.5 Å². The normalized spacial score (nSPS) is 32.9. The summed E-state index contributed by atoms with van der Waals surface area (Å²) in [5, 5.41) is 34.3. The lowest BCUT2D eigenvalue weighted by Gasteiger charge is -2.39. The second-order valence-corrected chi connectivity index (χ2v) is 4.92. The number of nitriles is 1. The SMILES string of the molecule is N#CC1C(O)C(OC(=O)c2cc#ccc2)C(N=O)C(O)C1N=O. The summed E-state index contributed by atoms with van der Waals surface area (Å²) in [5.41, 5.74) is 0.0687. The number of hydrogen-bond acceptors (Lipinski definition) is 9. The van der Waals surface area contributed by atoms with Crippen LogP contribution in [-0.2, 0) is 4.74 Å². The van der Waals surface area contributed by atoms with Gasteiger partial charge in [-0.3, -0.25) is 0 Å². The zero-order valence-corrected chi connectivity index (χ0v) is 11.6. The van der Waals surface area contributed by atoms with Crippen molar-refractivity contribution >= 4 is 5.97 Å². The highest BCUT2D eigenvalue weighted by atomic mass is 16.6. The first-order chi connectivity index (χ1) is 11.0. The first-order valence-electron chi connectivity index (χ1n) is 6.54. The lowest BCUT2D eigenvalue weighted by atomic mass is 9.77. The number of carbonyl (C=O) groups is 1. The molecule has 1 aliphatic rings. The third-order valence-electron chi connectivity index (χ3n) is 3.64. The van der Waals surface area contributed by atoms with Crippen molar-refractivity contribution in [1.29, 1.82) is 5.26 Å². The lowest BCUT2D eigenvalue weighted by Crippen LogP contribution is -2.60. The molecule has 0 bridgehead atoms. The van der Waals surface area contributed by atoms with Gasteiger partial charge in [0, 0.05) is 6.07 Å². The first-order valence-corrected chi connectivity index (χ1v) is 6.54. The van der Waals surface area contributed by atoms with Crippen LogP contribution in [0.1, 0.15) is 10.4 Å². The Balaban J connectivity index is 2.28. The molecular weight excluding hydrogens is 306 g/mol. The van der Waals surface area contributed by atoms with Gasteiger partial charge in [-0.2, -0.15) is 15.1 Å². The molecule has 0 aliphatic heterocycles. The molecule has 6 unspecified atom stereocenters. The number of esters is 1. The summed E-state index contributed by atoms with van der Waals surface area (Å²) < 4.78 is 5.02. The maximum Gasteiger partial charge on any atom is 0.339 e. The van der Waals surface area contributed by atoms with Crippen molar-refractivity contribution in [3.8, 4) is 6.07 Å². The number of hydrogen-bond donors (Lipinski definition) is 2. The lowest BCUT2D eigenvalue weighted by molar-refractivity contribution is -0.100. The monoisotopic (exact) mass is 317 g/mol. The van der Waals surface area contributed by atoms with Crippen LogP contribution < -0.4 is 0 Å². The van der Waals surface area contributed by atoms with E-state index in [1.54, 1.807) is 6.07 Å². The van der Waals surface area contributed by atoms with Gasteiger partial charge in [0.2, 0.25) is 0 Å². The van der Waals surface area contributed by atoms with Gasteiger partial charge >= 0.3 is 5.97 Å². The number of nitrogens with zero attached hydrogens (tertiary/aromatic N) is 3. The number of rotatable bonds is 4. The number of nitroso groups, excluding NO2 is 2. The zero-order chi connectivity index (χ0) is 17.0. The molecule has 0 amide bonds. The van der Waals surface area contributed by atoms with Gasteiger partial charge in [-0.25, -0.2) is 4.79 Å². The van der Waals surface area contributed by atoms with E-state index in [4.69, 9.17) is 10.00 Å². The molecule has 6 atom stereocenters. The molecule has 0 radical (unpaired) electrons. The summed E-state index contributed by atoms with van der Waals surface area (Å²) in [7, 11) is 0. The highest BCUT2D eigenvalue weighted by Crippen LogP contribution is 2.32. The molecule has 2 rings (SSSR count). The van der Waals surface area contributed by atoms with E-state index in [0.29, 0.717) is 0 Å². The number of carbonyl (C=O) groups excluding carboxylic acids is 1. The summed E-state index contributed by atoms with van der Waals surface area (Å²) in [6, 6.07) is 7.60. The van der Waals surface area contributed by atoms with E-state index in [0.717, 1.165) is 0 Å². The molecule has 1 fully saturated rings. The molecule has 1 aromatic carbocycles. The van der Waals surface area contributed by atoms with E-state index in [9.17, 15) is 24.8 Å². The van der Waals surface area contributed by atoms with Crippen molar-refractivity contribution < 1.29 is 19.7 Å². The van der Waals surface area contributed by atoms with Crippen LogP contribution in [0.3, 0.4) is 0 Å². The fourth-order valence-corrected chi connectivity index (χ4v) is 2.43. The Morgan fingerprint density at radius 1 is 1.22 bits per heavy atom. The van der Waals surface area contributed by atoms with Crippen LogP contribution in [0.25, 0.3) is 0 Å². The standard InChI is InChI=1S/C14H11N3O6/c15-6-8-9(16-21)12(19)10(17-22)13(11(8)18)23-14(20)7-4-2-1-3-5-7/h2,4-5,8-13,18-19H. The van der Waals surface area contributed by atoms with E-state index in [1.807, 2.05) is 0 Å². The predicted octanol–water partition coefficient (Wildman–Crippen LogP) is -0.0424. The summed E-state index contributed by atoms with van der Waals surface area (Å²) in [6.45, 7) is 0. The van der Waals surface area contributed by atoms with Gasteiger partial charge < -0.3 is 14.9 Å². The second-order valence-electron chi connectivity index (χ2n) is 4.92. The third kappa shape index (κ3) is 3.01. The third-order valence-corrected chi connectivity index (χ3v) is 3.64. The quantitative estimate of drug-likeness (QED) is 0.584. The van der Waals surface area contributed by atoms with Crippen LogP contribution in [0.2, 0.25) is 0 Å². The van der Waals surface area contributed by atoms with Gasteiger partial charge in [0.05, 0.1) is 11.6 Å². The largest absolute Gasteiger partial charge is 0.453 e. The summed E-state index contributed by atoms with van der Waals surface area (Å²) in [4.78, 5) is 33.7. The molecule has 2 N–H and O–H groups in total. The average Bonchev–Trinajstić information content (AvgIpc) is 2.58. The van der Waals surface area contributed by atoms with E-state index in [1.165, 1.54) is 18.2 Å². The minimum atomic E-state index is -1.74. The van der Waals surface area contributed by atoms with Crippen LogP contribution in [0.4, 0.5) is 0 Å². The molecule has 118 valence electrons. The van der Waals surface area contributed by atoms with Gasteiger partial charge in [-0.1, -0.05) is 22.5 Å². The van der Waals surface area contributed by atoms with Gasteiger partial charge in [0.25, 0.3) is 0 Å². The minimum absolute atomic E-state index is 0.0687. The molecule has 0 heterocycles. The molecule has 23 heavy (non-hydrogen) atoms. The molecule has 9 heteroatoms. The molecule has 1 aromatic rings. The van der Waals surface area contributed by atoms with Crippen LogP contribution in [-0.4, -0.2) is 46.6 Å². The van der Waals surface area contributed by atoms with Crippen LogP contribution in [0, 0.1) is 39.2 Å². The van der Waals surface area contributed by atoms with Gasteiger partial charge in [0.1, 0.15) is 24.2 Å². The molecule has 9 nitrogen and oxygen atoms in total. The average molecular weight is 317 g/mol. The Hall–Kier alpha value is -2.88. The molecular formula is C14H11N3O6. The van der Waals surface area contributed by atoms with Crippen LogP contribution >= 0.6 is 0 Å². The highest BCUT2D eigenvalue weighted by Gasteiger charge is 2.54. The molecule has 0 spiro atoms. The summed E-state index contributed by atoms with van der Waals surface area (Å²) >= 11 is 0. The molecule has 1 saturated carbocycles. The predicted molar refractivity (Wildman–Crippen MR) is 73.6 cm³/mol. The topological polar surface area (TPSA) is 149 Å². The van der Waals surface area contributed by atoms with Crippen molar-refractivity contribution in [3.63, 3.8) is 0 Å². The van der Waals surface area contributed by atoms with Crippen molar-refractivity contribution in [1.82, 2.24) is 0 Å². The van der Waals surface area contributed by atoms with Crippen molar-refractivity contribution in [3.05, 3.63) is 45.7 Å². The Morgan fingerprint density at radius 3 is 2.43 bits per heavy atom. The molecule has 0 aromatic heterocycles. The Labute approximate surface area is 130 Å². The summed E-state index contributed by atoms with van der Waals surface area (Å²) in [5.74, 6) is -2.34. The van der Waals surface area contributed by atoms with Gasteiger partial charge in [-0.15, -0.1) is 0 Å². The zero-order valence-electron chi connectivity index (χ0n) is 11.6. The Kier molecular flexibility index (Phi) is 4.96. The number of ether oxygens (including phenoxy) is 1. The maximum absolute atomic E-state index is 12.0. The van der Waals surface area contributed by atoms with Crippen molar-refractivity contribution in [2.45, 2.75) is 30.4 Å². The molecule has 1 aliphatic carbocycles. The minimum Gasteiger partial charge on any atom is -0.453 e. The highest BCUT2D eigenvalue weighted by molar-refractivity contribution is 5.89. The first kappa shape index (κ1) is 16.5. The Bertz CT molecular complexity index is 631. The van der Waals surface area contributed by atoms with Crippen molar-refractivity contribution in [2.75, 3.05) is 0 Å². The van der Waals surface area contributed by atoms with Gasteiger partial charge in [-0.05, 0) is 12.1 Å². The van der Waals surface area contributed by atoms with Gasteiger partial charge in [0.15, 0.2) is 12.1 Å². The fourth-order valence-electron chi connectivity index (χ4n) is 2.43. The van der Waals surface area contributed by atoms with Crippen LogP contribution in [0.15, 0.2) is 28.6 Å². The van der Waals surface area contributed by atoms with Crippen molar-refractivity contribution in [2.24, 2.45) is 16.3 Å².